The smallest absolute Gasteiger partial charge is 0.257 e. The van der Waals surface area contributed by atoms with E-state index in [0.29, 0.717) is 22.4 Å². The van der Waals surface area contributed by atoms with E-state index < -0.39 is 5.25 Å². The van der Waals surface area contributed by atoms with Gasteiger partial charge in [-0.05, 0) is 36.4 Å². The third-order valence-corrected chi connectivity index (χ3v) is 4.81. The van der Waals surface area contributed by atoms with Crippen LogP contribution in [0.1, 0.15) is 16.6 Å². The maximum Gasteiger partial charge on any atom is 0.257 e. The van der Waals surface area contributed by atoms with Gasteiger partial charge >= 0.3 is 0 Å². The number of amides is 1. The Balaban J connectivity index is 1.63. The van der Waals surface area contributed by atoms with Gasteiger partial charge in [-0.25, -0.2) is 4.98 Å². The van der Waals surface area contributed by atoms with Crippen LogP contribution in [0.15, 0.2) is 74.8 Å². The van der Waals surface area contributed by atoms with Gasteiger partial charge in [0.2, 0.25) is 5.91 Å². The summed E-state index contributed by atoms with van der Waals surface area (Å²) in [4.78, 5) is 17.3. The number of carbonyl (C=O) groups is 1. The monoisotopic (exact) mass is 365 g/mol. The van der Waals surface area contributed by atoms with Crippen molar-refractivity contribution in [3.05, 3.63) is 72.0 Å². The number of rotatable bonds is 5. The molecule has 1 N–H and O–H groups in total. The summed E-state index contributed by atoms with van der Waals surface area (Å²) in [6.07, 6.45) is 0. The van der Waals surface area contributed by atoms with Gasteiger partial charge in [0.25, 0.3) is 5.22 Å². The molecule has 2 aromatic carbocycles. The van der Waals surface area contributed by atoms with Crippen molar-refractivity contribution in [3.8, 4) is 0 Å². The number of carbonyl (C=O) groups excluding carboxylic acids is 1. The fraction of sp³-hybridized carbons (Fsp3) is 0.105. The molecule has 1 unspecified atom stereocenters. The molecule has 0 saturated carbocycles. The number of hydrogen-bond acceptors (Lipinski definition) is 6. The molecule has 6 nitrogen and oxygen atoms in total. The molecule has 7 heteroatoms. The first-order valence-corrected chi connectivity index (χ1v) is 8.88. The Bertz CT molecular complexity index is 1010. The molecule has 1 amide bonds. The Morgan fingerprint density at radius 3 is 2.62 bits per heavy atom. The molecule has 26 heavy (non-hydrogen) atoms. The number of nitrogens with one attached hydrogen (secondary N) is 1. The standard InChI is InChI=1S/C19H15N3O3S/c1-12-11-16(22-25-12)21-18(23)17(13-7-3-2-4-8-13)26-19-20-14-9-5-6-10-15(14)24-19/h2-11,17H,1H3,(H,21,22,23). The number of benzene rings is 2. The number of aromatic nitrogens is 2. The van der Waals surface area contributed by atoms with Gasteiger partial charge in [-0.15, -0.1) is 0 Å². The lowest BCUT2D eigenvalue weighted by Crippen LogP contribution is -2.19. The van der Waals surface area contributed by atoms with Gasteiger partial charge in [0.1, 0.15) is 16.5 Å². The first kappa shape index (κ1) is 16.4. The minimum atomic E-state index is -0.540. The summed E-state index contributed by atoms with van der Waals surface area (Å²) in [5.41, 5.74) is 2.29. The van der Waals surface area contributed by atoms with Gasteiger partial charge in [0, 0.05) is 6.07 Å². The average molecular weight is 365 g/mol. The van der Waals surface area contributed by atoms with Gasteiger partial charge in [0.15, 0.2) is 11.4 Å². The van der Waals surface area contributed by atoms with Crippen LogP contribution in [0.5, 0.6) is 0 Å². The molecule has 2 heterocycles. The van der Waals surface area contributed by atoms with E-state index in [-0.39, 0.29) is 5.91 Å². The van der Waals surface area contributed by atoms with Crippen LogP contribution < -0.4 is 5.32 Å². The van der Waals surface area contributed by atoms with Gasteiger partial charge in [-0.2, -0.15) is 0 Å². The maximum absolute atomic E-state index is 12.9. The van der Waals surface area contributed by atoms with E-state index in [2.05, 4.69) is 15.5 Å². The lowest BCUT2D eigenvalue weighted by molar-refractivity contribution is -0.115. The summed E-state index contributed by atoms with van der Waals surface area (Å²) < 4.78 is 10.8. The van der Waals surface area contributed by atoms with Crippen molar-refractivity contribution < 1.29 is 13.7 Å². The summed E-state index contributed by atoms with van der Waals surface area (Å²) in [5.74, 6) is 0.784. The van der Waals surface area contributed by atoms with Crippen LogP contribution in [-0.4, -0.2) is 16.0 Å². The molecule has 0 bridgehead atoms. The van der Waals surface area contributed by atoms with Crippen LogP contribution in [0.2, 0.25) is 0 Å². The highest BCUT2D eigenvalue weighted by molar-refractivity contribution is 8.00. The minimum Gasteiger partial charge on any atom is -0.431 e. The predicted octanol–water partition coefficient (Wildman–Crippen LogP) is 4.60. The molecule has 4 aromatic rings. The zero-order valence-corrected chi connectivity index (χ0v) is 14.7. The van der Waals surface area contributed by atoms with Crippen molar-refractivity contribution in [2.24, 2.45) is 0 Å². The topological polar surface area (TPSA) is 81.2 Å². The first-order chi connectivity index (χ1) is 12.7. The van der Waals surface area contributed by atoms with Crippen LogP contribution in [0.4, 0.5) is 5.82 Å². The van der Waals surface area contributed by atoms with Crippen LogP contribution in [0, 0.1) is 6.92 Å². The molecule has 130 valence electrons. The van der Waals surface area contributed by atoms with E-state index in [4.69, 9.17) is 8.94 Å². The van der Waals surface area contributed by atoms with Gasteiger partial charge in [-0.3, -0.25) is 4.79 Å². The molecule has 0 aliphatic carbocycles. The fourth-order valence-electron chi connectivity index (χ4n) is 2.52. The third kappa shape index (κ3) is 3.48. The Morgan fingerprint density at radius 2 is 1.88 bits per heavy atom. The van der Waals surface area contributed by atoms with Gasteiger partial charge in [-0.1, -0.05) is 47.6 Å². The Labute approximate surface area is 153 Å². The van der Waals surface area contributed by atoms with Gasteiger partial charge in [0.05, 0.1) is 0 Å². The van der Waals surface area contributed by atoms with E-state index >= 15 is 0 Å². The Hall–Kier alpha value is -3.06. The highest BCUT2D eigenvalue weighted by Crippen LogP contribution is 2.37. The normalized spacial score (nSPS) is 12.2. The molecule has 0 saturated heterocycles. The second-order valence-electron chi connectivity index (χ2n) is 5.67. The summed E-state index contributed by atoms with van der Waals surface area (Å²) in [5, 5.41) is 6.50. The summed E-state index contributed by atoms with van der Waals surface area (Å²) in [6, 6.07) is 18.7. The second kappa shape index (κ2) is 7.05. The molecule has 1 atom stereocenters. The number of fused-ring (bicyclic) bond motifs is 1. The van der Waals surface area contributed by atoms with Crippen molar-refractivity contribution in [2.45, 2.75) is 17.4 Å². The largest absolute Gasteiger partial charge is 0.431 e. The number of oxazole rings is 1. The summed E-state index contributed by atoms with van der Waals surface area (Å²) in [6.45, 7) is 1.77. The number of aryl methyl sites for hydroxylation is 1. The predicted molar refractivity (Wildman–Crippen MR) is 98.9 cm³/mol. The molecule has 0 fully saturated rings. The molecule has 2 aromatic heterocycles. The van der Waals surface area contributed by atoms with E-state index in [1.807, 2.05) is 54.6 Å². The molecule has 0 radical (unpaired) electrons. The van der Waals surface area contributed by atoms with Crippen molar-refractivity contribution in [1.29, 1.82) is 0 Å². The average Bonchev–Trinajstić information content (AvgIpc) is 3.25. The third-order valence-electron chi connectivity index (χ3n) is 3.71. The quantitative estimate of drug-likeness (QED) is 0.521. The molecule has 0 spiro atoms. The molecule has 4 rings (SSSR count). The van der Waals surface area contributed by atoms with E-state index in [1.165, 1.54) is 11.8 Å². The van der Waals surface area contributed by atoms with E-state index in [1.54, 1.807) is 13.0 Å². The molecular weight excluding hydrogens is 350 g/mol. The highest BCUT2D eigenvalue weighted by atomic mass is 32.2. The van der Waals surface area contributed by atoms with Crippen molar-refractivity contribution in [2.75, 3.05) is 5.32 Å². The van der Waals surface area contributed by atoms with Crippen LogP contribution in [0.3, 0.4) is 0 Å². The summed E-state index contributed by atoms with van der Waals surface area (Å²) in [7, 11) is 0. The van der Waals surface area contributed by atoms with Crippen LogP contribution >= 0.6 is 11.8 Å². The van der Waals surface area contributed by atoms with Crippen molar-refractivity contribution >= 4 is 34.6 Å². The summed E-state index contributed by atoms with van der Waals surface area (Å²) >= 11 is 1.25. The number of anilines is 1. The number of hydrogen-bond donors (Lipinski definition) is 1. The Morgan fingerprint density at radius 1 is 1.12 bits per heavy atom. The number of thioether (sulfide) groups is 1. The maximum atomic E-state index is 12.9. The van der Waals surface area contributed by atoms with Crippen molar-refractivity contribution in [1.82, 2.24) is 10.1 Å². The molecular formula is C19H15N3O3S. The fourth-order valence-corrected chi connectivity index (χ4v) is 3.47. The zero-order valence-electron chi connectivity index (χ0n) is 13.9. The van der Waals surface area contributed by atoms with E-state index in [0.717, 1.165) is 11.1 Å². The second-order valence-corrected chi connectivity index (χ2v) is 6.72. The van der Waals surface area contributed by atoms with Gasteiger partial charge < -0.3 is 14.3 Å². The lowest BCUT2D eigenvalue weighted by atomic mass is 10.1. The lowest BCUT2D eigenvalue weighted by Gasteiger charge is -2.14. The number of nitrogens with zero attached hydrogens (tertiary/aromatic N) is 2. The zero-order chi connectivity index (χ0) is 17.9. The van der Waals surface area contributed by atoms with Crippen LogP contribution in [0.25, 0.3) is 11.1 Å². The number of para-hydroxylation sites is 2. The molecule has 0 aliphatic heterocycles. The SMILES string of the molecule is Cc1cc(NC(=O)C(Sc2nc3ccccc3o2)c2ccccc2)no1. The Kier molecular flexibility index (Phi) is 4.45. The highest BCUT2D eigenvalue weighted by Gasteiger charge is 2.25. The minimum absolute atomic E-state index is 0.225. The van der Waals surface area contributed by atoms with E-state index in [9.17, 15) is 4.79 Å². The molecule has 0 aliphatic rings. The first-order valence-electron chi connectivity index (χ1n) is 8.00. The van der Waals surface area contributed by atoms with Crippen molar-refractivity contribution in [3.63, 3.8) is 0 Å². The van der Waals surface area contributed by atoms with Crippen LogP contribution in [-0.2, 0) is 4.79 Å².